The molecule has 1 aromatic carbocycles. The van der Waals surface area contributed by atoms with Crippen LogP contribution in [0.15, 0.2) is 42.7 Å². The van der Waals surface area contributed by atoms with E-state index in [4.69, 9.17) is 5.26 Å². The van der Waals surface area contributed by atoms with E-state index in [-0.39, 0.29) is 12.3 Å². The van der Waals surface area contributed by atoms with Crippen molar-refractivity contribution in [2.75, 3.05) is 5.75 Å². The molecule has 7 heteroatoms. The van der Waals surface area contributed by atoms with Crippen molar-refractivity contribution in [3.05, 3.63) is 48.3 Å². The number of benzene rings is 1. The minimum atomic E-state index is -3.29. The van der Waals surface area contributed by atoms with Crippen LogP contribution in [0.5, 0.6) is 0 Å². The second-order valence-electron chi connectivity index (χ2n) is 4.87. The highest BCUT2D eigenvalue weighted by Gasteiger charge is 2.09. The third-order valence-corrected chi connectivity index (χ3v) is 4.56. The van der Waals surface area contributed by atoms with E-state index < -0.39 is 10.0 Å². The Bertz CT molecular complexity index is 716. The summed E-state index contributed by atoms with van der Waals surface area (Å²) in [6.45, 7) is 0.264. The summed E-state index contributed by atoms with van der Waals surface area (Å²) in [5.74, 6) is 0.0556. The topological polar surface area (TPSA) is 87.8 Å². The molecule has 0 atom stereocenters. The fourth-order valence-electron chi connectivity index (χ4n) is 1.95. The van der Waals surface area contributed by atoms with Crippen molar-refractivity contribution in [3.8, 4) is 11.8 Å². The molecule has 0 aliphatic rings. The summed E-state index contributed by atoms with van der Waals surface area (Å²) < 4.78 is 27.9. The first-order valence-electron chi connectivity index (χ1n) is 7.04. The normalized spacial score (nSPS) is 11.2. The molecule has 0 bridgehead atoms. The summed E-state index contributed by atoms with van der Waals surface area (Å²) in [5, 5.41) is 12.5. The molecule has 2 aromatic rings. The lowest BCUT2D eigenvalue weighted by Gasteiger charge is -2.07. The molecule has 0 amide bonds. The lowest BCUT2D eigenvalue weighted by atomic mass is 10.2. The van der Waals surface area contributed by atoms with Gasteiger partial charge in [0.1, 0.15) is 0 Å². The van der Waals surface area contributed by atoms with Crippen LogP contribution in [0.25, 0.3) is 5.69 Å². The molecule has 0 saturated carbocycles. The third kappa shape index (κ3) is 4.98. The van der Waals surface area contributed by atoms with Gasteiger partial charge in [-0.1, -0.05) is 12.1 Å². The van der Waals surface area contributed by atoms with Gasteiger partial charge in [-0.25, -0.2) is 17.8 Å². The summed E-state index contributed by atoms with van der Waals surface area (Å²) in [4.78, 5) is 0. The van der Waals surface area contributed by atoms with Gasteiger partial charge >= 0.3 is 0 Å². The van der Waals surface area contributed by atoms with Crippen molar-refractivity contribution in [3.63, 3.8) is 0 Å². The molecule has 116 valence electrons. The number of sulfonamides is 1. The van der Waals surface area contributed by atoms with Crippen LogP contribution in [0.1, 0.15) is 24.8 Å². The zero-order valence-electron chi connectivity index (χ0n) is 12.1. The number of nitriles is 1. The fraction of sp³-hybridized carbons (Fsp3) is 0.333. The Kier molecular flexibility index (Phi) is 5.69. The molecule has 0 saturated heterocycles. The van der Waals surface area contributed by atoms with E-state index in [0.29, 0.717) is 19.3 Å². The van der Waals surface area contributed by atoms with Crippen LogP contribution in [0.2, 0.25) is 0 Å². The molecular weight excluding hydrogens is 300 g/mol. The molecule has 6 nitrogen and oxygen atoms in total. The van der Waals surface area contributed by atoms with E-state index in [0.717, 1.165) is 11.3 Å². The number of nitrogens with zero attached hydrogens (tertiary/aromatic N) is 3. The largest absolute Gasteiger partial charge is 0.241 e. The van der Waals surface area contributed by atoms with Crippen LogP contribution in [0.3, 0.4) is 0 Å². The Hall–Kier alpha value is -2.17. The van der Waals surface area contributed by atoms with Crippen molar-refractivity contribution in [1.82, 2.24) is 14.5 Å². The highest BCUT2D eigenvalue weighted by molar-refractivity contribution is 7.89. The summed E-state index contributed by atoms with van der Waals surface area (Å²) in [7, 11) is -3.29. The molecule has 1 N–H and O–H groups in total. The van der Waals surface area contributed by atoms with Crippen LogP contribution >= 0.6 is 0 Å². The van der Waals surface area contributed by atoms with Gasteiger partial charge in [0.05, 0.1) is 17.5 Å². The summed E-state index contributed by atoms with van der Waals surface area (Å²) in [6.07, 6.45) is 5.05. The van der Waals surface area contributed by atoms with Crippen molar-refractivity contribution < 1.29 is 8.42 Å². The SMILES string of the molecule is N#CCCCCS(=O)(=O)NCc1ccc(-n2cccn2)cc1. The van der Waals surface area contributed by atoms with Gasteiger partial charge in [0, 0.05) is 25.4 Å². The zero-order chi connectivity index (χ0) is 15.8. The van der Waals surface area contributed by atoms with E-state index in [2.05, 4.69) is 9.82 Å². The number of nitrogens with one attached hydrogen (secondary N) is 1. The first kappa shape index (κ1) is 16.2. The van der Waals surface area contributed by atoms with Crippen molar-refractivity contribution in [1.29, 1.82) is 5.26 Å². The molecule has 0 fully saturated rings. The minimum absolute atomic E-state index is 0.0556. The van der Waals surface area contributed by atoms with Crippen LogP contribution < -0.4 is 4.72 Å². The van der Waals surface area contributed by atoms with E-state index in [1.165, 1.54) is 0 Å². The van der Waals surface area contributed by atoms with Gasteiger partial charge in [-0.2, -0.15) is 10.4 Å². The molecule has 1 aromatic heterocycles. The van der Waals surface area contributed by atoms with Gasteiger partial charge in [0.15, 0.2) is 0 Å². The average Bonchev–Trinajstić information content (AvgIpc) is 3.05. The second kappa shape index (κ2) is 7.73. The molecule has 2 rings (SSSR count). The van der Waals surface area contributed by atoms with E-state index in [9.17, 15) is 8.42 Å². The molecule has 0 aliphatic carbocycles. The quantitative estimate of drug-likeness (QED) is 0.754. The lowest BCUT2D eigenvalue weighted by Crippen LogP contribution is -2.25. The number of unbranched alkanes of at least 4 members (excludes halogenated alkanes) is 2. The maximum atomic E-state index is 11.8. The summed E-state index contributed by atoms with van der Waals surface area (Å²) >= 11 is 0. The molecule has 0 spiro atoms. The molecule has 1 heterocycles. The van der Waals surface area contributed by atoms with Crippen molar-refractivity contribution in [2.45, 2.75) is 25.8 Å². The molecular formula is C15H18N4O2S. The Morgan fingerprint density at radius 3 is 2.64 bits per heavy atom. The number of hydrogen-bond donors (Lipinski definition) is 1. The predicted molar refractivity (Wildman–Crippen MR) is 83.7 cm³/mol. The smallest absolute Gasteiger partial charge is 0.211 e. The van der Waals surface area contributed by atoms with Crippen LogP contribution in [0.4, 0.5) is 0 Å². The third-order valence-electron chi connectivity index (χ3n) is 3.15. The Morgan fingerprint density at radius 1 is 1.23 bits per heavy atom. The zero-order valence-corrected chi connectivity index (χ0v) is 13.0. The van der Waals surface area contributed by atoms with Gasteiger partial charge in [0.2, 0.25) is 10.0 Å². The highest BCUT2D eigenvalue weighted by Crippen LogP contribution is 2.09. The Labute approximate surface area is 130 Å². The first-order valence-corrected chi connectivity index (χ1v) is 8.69. The van der Waals surface area contributed by atoms with Gasteiger partial charge in [0.25, 0.3) is 0 Å². The molecule has 0 aliphatic heterocycles. The standard InChI is InChI=1S/C15H18N4O2S/c16-9-2-1-3-12-22(20,21)18-13-14-5-7-15(8-6-14)19-11-4-10-17-19/h4-8,10-11,18H,1-3,12-13H2. The van der Waals surface area contributed by atoms with Crippen LogP contribution in [-0.2, 0) is 16.6 Å². The first-order chi connectivity index (χ1) is 10.6. The maximum Gasteiger partial charge on any atom is 0.211 e. The maximum absolute atomic E-state index is 11.8. The second-order valence-corrected chi connectivity index (χ2v) is 6.80. The molecule has 22 heavy (non-hydrogen) atoms. The summed E-state index contributed by atoms with van der Waals surface area (Å²) in [6, 6.07) is 11.4. The monoisotopic (exact) mass is 318 g/mol. The Morgan fingerprint density at radius 2 is 2.00 bits per heavy atom. The Balaban J connectivity index is 1.85. The fourth-order valence-corrected chi connectivity index (χ4v) is 3.06. The average molecular weight is 318 g/mol. The van der Waals surface area contributed by atoms with Gasteiger partial charge < -0.3 is 0 Å². The van der Waals surface area contributed by atoms with E-state index >= 15 is 0 Å². The van der Waals surface area contributed by atoms with Crippen LogP contribution in [-0.4, -0.2) is 24.0 Å². The van der Waals surface area contributed by atoms with Gasteiger partial charge in [-0.05, 0) is 36.6 Å². The van der Waals surface area contributed by atoms with Crippen LogP contribution in [0, 0.1) is 11.3 Å². The number of rotatable bonds is 8. The van der Waals surface area contributed by atoms with Gasteiger partial charge in [-0.3, -0.25) is 0 Å². The number of hydrogen-bond acceptors (Lipinski definition) is 4. The molecule has 0 unspecified atom stereocenters. The highest BCUT2D eigenvalue weighted by atomic mass is 32.2. The predicted octanol–water partition coefficient (Wildman–Crippen LogP) is 1.99. The summed E-state index contributed by atoms with van der Waals surface area (Å²) in [5.41, 5.74) is 1.81. The molecule has 0 radical (unpaired) electrons. The van der Waals surface area contributed by atoms with Crippen molar-refractivity contribution in [2.24, 2.45) is 0 Å². The number of aromatic nitrogens is 2. The van der Waals surface area contributed by atoms with Crippen molar-refractivity contribution >= 4 is 10.0 Å². The van der Waals surface area contributed by atoms with Gasteiger partial charge in [-0.15, -0.1) is 0 Å². The minimum Gasteiger partial charge on any atom is -0.241 e. The van der Waals surface area contributed by atoms with E-state index in [1.807, 2.05) is 42.6 Å². The lowest BCUT2D eigenvalue weighted by molar-refractivity contribution is 0.577. The van der Waals surface area contributed by atoms with E-state index in [1.54, 1.807) is 10.9 Å².